The second-order valence-electron chi connectivity index (χ2n) is 11.1. The lowest BCUT2D eigenvalue weighted by atomic mass is 9.99. The van der Waals surface area contributed by atoms with Crippen LogP contribution in [-0.2, 0) is 10.6 Å². The normalized spacial score (nSPS) is 25.2. The van der Waals surface area contributed by atoms with Crippen molar-refractivity contribution in [2.75, 3.05) is 6.61 Å². The van der Waals surface area contributed by atoms with Crippen molar-refractivity contribution < 1.29 is 34.8 Å². The van der Waals surface area contributed by atoms with Crippen molar-refractivity contribution in [1.82, 2.24) is 14.6 Å². The summed E-state index contributed by atoms with van der Waals surface area (Å²) in [4.78, 5) is 26.3. The van der Waals surface area contributed by atoms with Gasteiger partial charge in [0.25, 0.3) is 5.56 Å². The molecule has 1 aromatic rings. The van der Waals surface area contributed by atoms with Gasteiger partial charge in [-0.05, 0) is 12.8 Å². The minimum atomic E-state index is -3.32. The van der Waals surface area contributed by atoms with Crippen LogP contribution >= 0.6 is 0 Å². The molecule has 1 unspecified atom stereocenters. The number of ether oxygens (including phenoxy) is 1. The Kier molecular flexibility index (Phi) is 14.8. The molecule has 6 N–H and O–H groups in total. The summed E-state index contributed by atoms with van der Waals surface area (Å²) in [6, 6.07) is 0. The third-order valence-corrected chi connectivity index (χ3v) is 7.92. The number of alkyl halides is 1. The van der Waals surface area contributed by atoms with E-state index in [2.05, 4.69) is 13.5 Å². The van der Waals surface area contributed by atoms with Gasteiger partial charge in [-0.1, -0.05) is 109 Å². The van der Waals surface area contributed by atoms with E-state index in [9.17, 15) is 35.2 Å². The average Bonchev–Trinajstić information content (AvgIpc) is 3.16. The number of nitrogens with one attached hydrogen (secondary N) is 1. The molecule has 1 aliphatic rings. The maximum Gasteiger partial charge on any atom is 0.332 e. The fourth-order valence-electron chi connectivity index (χ4n) is 5.35. The second kappa shape index (κ2) is 17.3. The van der Waals surface area contributed by atoms with Crippen molar-refractivity contribution >= 4 is 6.08 Å². The quantitative estimate of drug-likeness (QED) is 0.0546. The Hall–Kier alpha value is -1.93. The first kappa shape index (κ1) is 35.3. The van der Waals surface area contributed by atoms with E-state index < -0.39 is 48.0 Å². The molecule has 0 radical (unpaired) electrons. The molecule has 5 atom stereocenters. The maximum absolute atomic E-state index is 15.1. The zero-order valence-corrected chi connectivity index (χ0v) is 24.3. The number of nitrogens with zero attached hydrogens (tertiary/aromatic N) is 2. The number of aromatic amines is 1. The summed E-state index contributed by atoms with van der Waals surface area (Å²) in [5.41, 5.74) is -5.68. The largest absolute Gasteiger partial charge is 0.394 e. The number of aliphatic hydroxyl groups is 4. The van der Waals surface area contributed by atoms with Crippen molar-refractivity contribution in [2.24, 2.45) is 0 Å². The Morgan fingerprint density at radius 2 is 1.51 bits per heavy atom. The van der Waals surface area contributed by atoms with E-state index in [1.165, 1.54) is 64.2 Å². The number of hydroxylamine groups is 2. The highest BCUT2D eigenvalue weighted by Crippen LogP contribution is 2.44. The van der Waals surface area contributed by atoms with E-state index in [1.807, 2.05) is 4.98 Å². The van der Waals surface area contributed by atoms with Crippen LogP contribution < -0.4 is 11.2 Å². The molecule has 0 spiro atoms. The van der Waals surface area contributed by atoms with Crippen LogP contribution in [0.25, 0.3) is 6.08 Å². The number of halogens is 1. The molecule has 1 aliphatic heterocycles. The topological polar surface area (TPSA) is 168 Å². The van der Waals surface area contributed by atoms with Gasteiger partial charge in [-0.15, -0.1) is 5.06 Å². The van der Waals surface area contributed by atoms with Crippen LogP contribution in [0.1, 0.15) is 115 Å². The highest BCUT2D eigenvalue weighted by molar-refractivity contribution is 5.43. The molecule has 1 fully saturated rings. The van der Waals surface area contributed by atoms with Crippen molar-refractivity contribution in [1.29, 1.82) is 0 Å². The summed E-state index contributed by atoms with van der Waals surface area (Å²) >= 11 is 0. The molecule has 2 rings (SSSR count). The molecule has 236 valence electrons. The van der Waals surface area contributed by atoms with Gasteiger partial charge >= 0.3 is 11.6 Å². The molecule has 2 heterocycles. The van der Waals surface area contributed by atoms with Gasteiger partial charge in [0.05, 0.1) is 12.2 Å². The van der Waals surface area contributed by atoms with E-state index in [4.69, 9.17) is 4.74 Å². The van der Waals surface area contributed by atoms with Gasteiger partial charge in [0, 0.05) is 6.20 Å². The Morgan fingerprint density at radius 3 is 1.98 bits per heavy atom. The summed E-state index contributed by atoms with van der Waals surface area (Å²) in [7, 11) is 0. The highest BCUT2D eigenvalue weighted by Gasteiger charge is 2.71. The predicted octanol–water partition coefficient (Wildman–Crippen LogP) is 3.47. The summed E-state index contributed by atoms with van der Waals surface area (Å²) in [5.74, 6) is -3.28. The molecule has 41 heavy (non-hydrogen) atoms. The zero-order valence-electron chi connectivity index (χ0n) is 24.3. The van der Waals surface area contributed by atoms with Crippen molar-refractivity contribution in [2.45, 2.75) is 140 Å². The van der Waals surface area contributed by atoms with Crippen molar-refractivity contribution in [3.05, 3.63) is 39.2 Å². The number of rotatable bonds is 21. The lowest BCUT2D eigenvalue weighted by Crippen LogP contribution is -2.69. The molecule has 0 aromatic carbocycles. The number of unbranched alkanes of at least 4 members (excludes halogenated alkanes) is 14. The molecule has 1 saturated heterocycles. The summed E-state index contributed by atoms with van der Waals surface area (Å²) in [6.07, 6.45) is 12.2. The average molecular weight is 588 g/mol. The highest BCUT2D eigenvalue weighted by atomic mass is 19.1. The van der Waals surface area contributed by atoms with Crippen molar-refractivity contribution in [3.8, 4) is 0 Å². The first-order chi connectivity index (χ1) is 19.6. The Bertz CT molecular complexity index is 1040. The van der Waals surface area contributed by atoms with Crippen LogP contribution in [0.2, 0.25) is 0 Å². The van der Waals surface area contributed by atoms with Crippen LogP contribution in [0.3, 0.4) is 0 Å². The Morgan fingerprint density at radius 1 is 1.02 bits per heavy atom. The van der Waals surface area contributed by atoms with Gasteiger partial charge in [-0.2, -0.15) is 0 Å². The molecule has 11 nitrogen and oxygen atoms in total. The zero-order chi connectivity index (χ0) is 30.5. The SMILES string of the molecule is C=Cc1cn([C@]2(O)O[C@H](CO)[C@@H](O)[C@]2(O)N(O)C(F)CCCCCCCCCCCCCCCCC)c(=O)[nH]c1=O. The number of hydrogen-bond acceptors (Lipinski definition) is 9. The molecule has 0 saturated carbocycles. The standard InChI is InChI=1S/C29H50FN3O8/c1-3-5-6-7-8-9-10-11-12-13-14-15-16-17-18-19-24(30)33(40)28(38)25(35)23(21-34)41-29(28,39)32-20-22(4-2)26(36)31-27(32)37/h4,20,23-25,34-35,38-40H,2-3,5-19,21H2,1H3,(H,31,36,37)/t23-,24?,25-,28-,29-/m1/s1. The maximum atomic E-state index is 15.1. The van der Waals surface area contributed by atoms with Gasteiger partial charge in [0.1, 0.15) is 12.2 Å². The molecule has 0 aliphatic carbocycles. The van der Waals surface area contributed by atoms with Crippen LogP contribution in [0.4, 0.5) is 4.39 Å². The minimum Gasteiger partial charge on any atom is -0.394 e. The smallest absolute Gasteiger partial charge is 0.332 e. The predicted molar refractivity (Wildman–Crippen MR) is 153 cm³/mol. The fraction of sp³-hybridized carbons (Fsp3) is 0.793. The Labute approximate surface area is 241 Å². The van der Waals surface area contributed by atoms with Gasteiger partial charge < -0.3 is 30.4 Å². The third-order valence-electron chi connectivity index (χ3n) is 7.92. The monoisotopic (exact) mass is 587 g/mol. The molecule has 0 bridgehead atoms. The minimum absolute atomic E-state index is 0.218. The molecule has 12 heteroatoms. The molecule has 1 aromatic heterocycles. The van der Waals surface area contributed by atoms with Crippen LogP contribution in [0.5, 0.6) is 0 Å². The third kappa shape index (κ3) is 8.79. The van der Waals surface area contributed by atoms with Gasteiger partial charge in [0.15, 0.2) is 6.30 Å². The first-order valence-electron chi connectivity index (χ1n) is 15.1. The second-order valence-corrected chi connectivity index (χ2v) is 11.1. The molecular weight excluding hydrogens is 537 g/mol. The van der Waals surface area contributed by atoms with Gasteiger partial charge in [-0.3, -0.25) is 9.78 Å². The van der Waals surface area contributed by atoms with E-state index in [1.54, 1.807) is 0 Å². The molecular formula is C29H50FN3O8. The summed E-state index contributed by atoms with van der Waals surface area (Å²) in [6.45, 7) is 4.70. The van der Waals surface area contributed by atoms with Gasteiger partial charge in [0.2, 0.25) is 5.72 Å². The van der Waals surface area contributed by atoms with Crippen LogP contribution in [0, 0.1) is 0 Å². The fourth-order valence-corrected chi connectivity index (χ4v) is 5.35. The van der Waals surface area contributed by atoms with Gasteiger partial charge in [-0.25, -0.2) is 13.8 Å². The van der Waals surface area contributed by atoms with E-state index >= 15 is 4.39 Å². The summed E-state index contributed by atoms with van der Waals surface area (Å²) < 4.78 is 20.6. The summed E-state index contributed by atoms with van der Waals surface area (Å²) in [5, 5.41) is 53.1. The Balaban J connectivity index is 1.84. The van der Waals surface area contributed by atoms with E-state index in [-0.39, 0.29) is 17.0 Å². The van der Waals surface area contributed by atoms with E-state index in [0.717, 1.165) is 31.5 Å². The van der Waals surface area contributed by atoms with E-state index in [0.29, 0.717) is 17.4 Å². The van der Waals surface area contributed by atoms with Crippen molar-refractivity contribution in [3.63, 3.8) is 0 Å². The molecule has 0 amide bonds. The lowest BCUT2D eigenvalue weighted by Gasteiger charge is -2.43. The number of aromatic nitrogens is 2. The first-order valence-corrected chi connectivity index (χ1v) is 15.1. The van der Waals surface area contributed by atoms with Crippen LogP contribution in [0.15, 0.2) is 22.4 Å². The number of H-pyrrole nitrogens is 1. The number of aliphatic hydroxyl groups excluding tert-OH is 2. The van der Waals surface area contributed by atoms with Crippen LogP contribution in [-0.4, -0.2) is 71.1 Å². The lowest BCUT2D eigenvalue weighted by molar-refractivity contribution is -0.428. The number of hydrogen-bond donors (Lipinski definition) is 6.